The lowest BCUT2D eigenvalue weighted by molar-refractivity contribution is -0.137. The summed E-state index contributed by atoms with van der Waals surface area (Å²) in [4.78, 5) is 15.2. The normalized spacial score (nSPS) is 14.6. The molecule has 0 unspecified atom stereocenters. The van der Waals surface area contributed by atoms with Crippen LogP contribution in [-0.2, 0) is 22.6 Å². The van der Waals surface area contributed by atoms with Crippen molar-refractivity contribution in [1.29, 1.82) is 0 Å². The average molecular weight is 347 g/mol. The van der Waals surface area contributed by atoms with Gasteiger partial charge in [-0.15, -0.1) is 0 Å². The summed E-state index contributed by atoms with van der Waals surface area (Å²) in [5.41, 5.74) is 5.53. The number of rotatable bonds is 5. The number of aromatic nitrogens is 1. The molecular weight excluding hydrogens is 326 g/mol. The van der Waals surface area contributed by atoms with Crippen molar-refractivity contribution in [3.63, 3.8) is 0 Å². The fraction of sp³-hybridized carbons (Fsp3) is 0.227. The number of ether oxygens (including phenoxy) is 2. The van der Waals surface area contributed by atoms with Gasteiger partial charge < -0.3 is 14.5 Å². The predicted molar refractivity (Wildman–Crippen MR) is 102 cm³/mol. The highest BCUT2D eigenvalue weighted by Crippen LogP contribution is 2.38. The SMILES string of the molecule is CCOC(=O)/C=C1\CCc2c1[nH]c1ccc(OCc3ccccc3)cc21. The van der Waals surface area contributed by atoms with Crippen LogP contribution < -0.4 is 4.74 Å². The van der Waals surface area contributed by atoms with Crippen LogP contribution in [0.5, 0.6) is 5.75 Å². The molecule has 26 heavy (non-hydrogen) atoms. The van der Waals surface area contributed by atoms with Crippen molar-refractivity contribution in [2.75, 3.05) is 6.61 Å². The predicted octanol–water partition coefficient (Wildman–Crippen LogP) is 4.64. The van der Waals surface area contributed by atoms with E-state index >= 15 is 0 Å². The number of H-pyrrole nitrogens is 1. The van der Waals surface area contributed by atoms with Gasteiger partial charge in [-0.25, -0.2) is 4.79 Å². The first kappa shape index (κ1) is 16.5. The van der Waals surface area contributed by atoms with Crippen LogP contribution >= 0.6 is 0 Å². The minimum absolute atomic E-state index is 0.277. The van der Waals surface area contributed by atoms with Gasteiger partial charge in [0.2, 0.25) is 0 Å². The second kappa shape index (κ2) is 7.08. The van der Waals surface area contributed by atoms with Crippen LogP contribution in [-0.4, -0.2) is 17.6 Å². The molecule has 0 fully saturated rings. The second-order valence-corrected chi connectivity index (χ2v) is 6.38. The molecule has 0 saturated carbocycles. The van der Waals surface area contributed by atoms with Gasteiger partial charge in [-0.3, -0.25) is 0 Å². The number of benzene rings is 2. The molecule has 2 aromatic carbocycles. The maximum Gasteiger partial charge on any atom is 0.331 e. The number of fused-ring (bicyclic) bond motifs is 3. The standard InChI is InChI=1S/C22H21NO3/c1-2-25-21(24)12-16-8-10-18-19-13-17(9-11-20(19)23-22(16)18)26-14-15-6-4-3-5-7-15/h3-7,9,11-13,23H,2,8,10,14H2,1H3/b16-12+. The smallest absolute Gasteiger partial charge is 0.331 e. The fourth-order valence-electron chi connectivity index (χ4n) is 3.45. The lowest BCUT2D eigenvalue weighted by Crippen LogP contribution is -2.00. The Morgan fingerprint density at radius 2 is 2.00 bits per heavy atom. The van der Waals surface area contributed by atoms with Crippen LogP contribution in [0.3, 0.4) is 0 Å². The van der Waals surface area contributed by atoms with Crippen LogP contribution in [0, 0.1) is 0 Å². The third-order valence-electron chi connectivity index (χ3n) is 4.67. The van der Waals surface area contributed by atoms with Crippen LogP contribution in [0.2, 0.25) is 0 Å². The minimum atomic E-state index is -0.277. The van der Waals surface area contributed by atoms with Gasteiger partial charge in [-0.2, -0.15) is 0 Å². The average Bonchev–Trinajstić information content (AvgIpc) is 3.21. The number of allylic oxidation sites excluding steroid dienone is 1. The van der Waals surface area contributed by atoms with Crippen LogP contribution in [0.25, 0.3) is 16.5 Å². The maximum atomic E-state index is 11.8. The number of carbonyl (C=O) groups is 1. The minimum Gasteiger partial charge on any atom is -0.489 e. The highest BCUT2D eigenvalue weighted by Gasteiger charge is 2.22. The van der Waals surface area contributed by atoms with Crippen molar-refractivity contribution in [2.45, 2.75) is 26.4 Å². The molecule has 1 aromatic heterocycles. The Kier molecular flexibility index (Phi) is 4.48. The molecule has 1 N–H and O–H groups in total. The van der Waals surface area contributed by atoms with E-state index < -0.39 is 0 Å². The van der Waals surface area contributed by atoms with Crippen molar-refractivity contribution in [1.82, 2.24) is 4.98 Å². The number of hydrogen-bond donors (Lipinski definition) is 1. The first-order valence-corrected chi connectivity index (χ1v) is 8.93. The van der Waals surface area contributed by atoms with Crippen LogP contribution in [0.15, 0.2) is 54.6 Å². The summed E-state index contributed by atoms with van der Waals surface area (Å²) >= 11 is 0. The van der Waals surface area contributed by atoms with Gasteiger partial charge in [0.25, 0.3) is 0 Å². The number of carbonyl (C=O) groups excluding carboxylic acids is 1. The number of hydrogen-bond acceptors (Lipinski definition) is 3. The van der Waals surface area contributed by atoms with Gasteiger partial charge in [0.15, 0.2) is 0 Å². The zero-order chi connectivity index (χ0) is 17.9. The second-order valence-electron chi connectivity index (χ2n) is 6.38. The molecule has 0 spiro atoms. The number of aromatic amines is 1. The Balaban J connectivity index is 1.59. The molecule has 1 aliphatic carbocycles. The van der Waals surface area contributed by atoms with Gasteiger partial charge in [0.1, 0.15) is 12.4 Å². The van der Waals surface area contributed by atoms with Crippen molar-refractivity contribution >= 4 is 22.4 Å². The Morgan fingerprint density at radius 3 is 2.81 bits per heavy atom. The lowest BCUT2D eigenvalue weighted by atomic mass is 10.1. The van der Waals surface area contributed by atoms with E-state index in [1.165, 1.54) is 5.56 Å². The fourth-order valence-corrected chi connectivity index (χ4v) is 3.45. The number of aryl methyl sites for hydroxylation is 1. The van der Waals surface area contributed by atoms with Crippen LogP contribution in [0.4, 0.5) is 0 Å². The van der Waals surface area contributed by atoms with Gasteiger partial charge in [-0.05, 0) is 54.7 Å². The Morgan fingerprint density at radius 1 is 1.15 bits per heavy atom. The topological polar surface area (TPSA) is 51.3 Å². The van der Waals surface area contributed by atoms with E-state index in [4.69, 9.17) is 9.47 Å². The summed E-state index contributed by atoms with van der Waals surface area (Å²) in [6, 6.07) is 16.2. The zero-order valence-corrected chi connectivity index (χ0v) is 14.7. The number of nitrogens with one attached hydrogen (secondary N) is 1. The zero-order valence-electron chi connectivity index (χ0n) is 14.7. The van der Waals surface area contributed by atoms with E-state index in [9.17, 15) is 4.79 Å². The molecule has 0 saturated heterocycles. The summed E-state index contributed by atoms with van der Waals surface area (Å²) in [6.45, 7) is 2.76. The molecule has 0 radical (unpaired) electrons. The highest BCUT2D eigenvalue weighted by atomic mass is 16.5. The quantitative estimate of drug-likeness (QED) is 0.540. The maximum absolute atomic E-state index is 11.8. The monoisotopic (exact) mass is 347 g/mol. The van der Waals surface area contributed by atoms with Crippen LogP contribution in [0.1, 0.15) is 30.2 Å². The van der Waals surface area contributed by atoms with E-state index in [-0.39, 0.29) is 5.97 Å². The van der Waals surface area contributed by atoms with Gasteiger partial charge in [-0.1, -0.05) is 30.3 Å². The Bertz CT molecular complexity index is 970. The van der Waals surface area contributed by atoms with E-state index in [1.54, 1.807) is 6.08 Å². The molecule has 132 valence electrons. The van der Waals surface area contributed by atoms with Gasteiger partial charge >= 0.3 is 5.97 Å². The van der Waals surface area contributed by atoms with E-state index in [2.05, 4.69) is 23.2 Å². The third kappa shape index (κ3) is 3.23. The molecule has 4 heteroatoms. The molecular formula is C22H21NO3. The van der Waals surface area contributed by atoms with Gasteiger partial charge in [0, 0.05) is 22.7 Å². The highest BCUT2D eigenvalue weighted by molar-refractivity contribution is 5.97. The summed E-state index contributed by atoms with van der Waals surface area (Å²) in [5, 5.41) is 1.16. The van der Waals surface area contributed by atoms with Crippen molar-refractivity contribution in [3.05, 3.63) is 71.4 Å². The molecule has 0 amide bonds. The molecule has 0 atom stereocenters. The molecule has 3 aromatic rings. The summed E-state index contributed by atoms with van der Waals surface area (Å²) < 4.78 is 11.0. The van der Waals surface area contributed by atoms with E-state index in [1.807, 2.05) is 37.3 Å². The molecule has 0 bridgehead atoms. The van der Waals surface area contributed by atoms with Gasteiger partial charge in [0.05, 0.1) is 6.61 Å². The third-order valence-corrected chi connectivity index (χ3v) is 4.67. The summed E-state index contributed by atoms with van der Waals surface area (Å²) in [5.74, 6) is 0.576. The summed E-state index contributed by atoms with van der Waals surface area (Å²) in [7, 11) is 0. The number of esters is 1. The molecule has 1 heterocycles. The van der Waals surface area contributed by atoms with Crippen molar-refractivity contribution in [3.8, 4) is 5.75 Å². The lowest BCUT2D eigenvalue weighted by Gasteiger charge is -2.06. The molecule has 4 nitrogen and oxygen atoms in total. The van der Waals surface area contributed by atoms with E-state index in [0.717, 1.165) is 46.3 Å². The van der Waals surface area contributed by atoms with Crippen molar-refractivity contribution in [2.24, 2.45) is 0 Å². The first-order chi connectivity index (χ1) is 12.7. The summed E-state index contributed by atoms with van der Waals surface area (Å²) in [6.07, 6.45) is 3.38. The molecule has 1 aliphatic rings. The molecule has 4 rings (SSSR count). The van der Waals surface area contributed by atoms with Crippen molar-refractivity contribution < 1.29 is 14.3 Å². The Labute approximate surface area is 152 Å². The Hall–Kier alpha value is -3.01. The largest absolute Gasteiger partial charge is 0.489 e. The van der Waals surface area contributed by atoms with E-state index in [0.29, 0.717) is 13.2 Å². The molecule has 0 aliphatic heterocycles. The first-order valence-electron chi connectivity index (χ1n) is 8.93.